The number of likely N-dealkylation sites (N-methyl/N-ethyl adjacent to an activating group) is 1. The Morgan fingerprint density at radius 1 is 1.25 bits per heavy atom. The number of carbonyl (C=O) groups is 1. The van der Waals surface area contributed by atoms with Crippen LogP contribution in [0.1, 0.15) is 0 Å². The Bertz CT molecular complexity index is 558. The number of anilines is 2. The molecular weight excluding hydrogens is 323 g/mol. The molecule has 1 aliphatic rings. The average molecular weight is 345 g/mol. The monoisotopic (exact) mass is 345 g/mol. The second-order valence-corrected chi connectivity index (χ2v) is 5.76. The molecule has 8 heteroatoms. The molecule has 1 heterocycles. The van der Waals surface area contributed by atoms with Crippen LogP contribution in [-0.2, 0) is 9.53 Å². The van der Waals surface area contributed by atoms with Crippen molar-refractivity contribution in [2.24, 2.45) is 0 Å². The summed E-state index contributed by atoms with van der Waals surface area (Å²) >= 11 is 0. The molecule has 0 radical (unpaired) electrons. The highest BCUT2D eigenvalue weighted by molar-refractivity contribution is 5.97. The van der Waals surface area contributed by atoms with Gasteiger partial charge in [0.25, 0.3) is 0 Å². The third kappa shape index (κ3) is 4.61. The molecule has 1 aliphatic heterocycles. The molecule has 1 amide bonds. The van der Waals surface area contributed by atoms with E-state index in [0.29, 0.717) is 0 Å². The fourth-order valence-corrected chi connectivity index (χ4v) is 2.61. The summed E-state index contributed by atoms with van der Waals surface area (Å²) in [6.45, 7) is 3.25. The summed E-state index contributed by atoms with van der Waals surface area (Å²) in [5, 5.41) is 0. The van der Waals surface area contributed by atoms with Crippen LogP contribution in [0.4, 0.5) is 24.5 Å². The number of rotatable bonds is 5. The SMILES string of the molecule is COCCN(C(=O)C(F)(F)F)c1cccc(N2CCN(C)CC2)c1. The molecule has 0 bridgehead atoms. The molecule has 134 valence electrons. The molecular formula is C16H22F3N3O2. The minimum absolute atomic E-state index is 0.0283. The Hall–Kier alpha value is -1.80. The van der Waals surface area contributed by atoms with Gasteiger partial charge in [0.1, 0.15) is 0 Å². The van der Waals surface area contributed by atoms with E-state index in [9.17, 15) is 18.0 Å². The predicted octanol–water partition coefficient (Wildman–Crippen LogP) is 1.98. The Balaban J connectivity index is 2.23. The van der Waals surface area contributed by atoms with Gasteiger partial charge < -0.3 is 19.4 Å². The first kappa shape index (κ1) is 18.5. The van der Waals surface area contributed by atoms with Gasteiger partial charge in [-0.25, -0.2) is 0 Å². The van der Waals surface area contributed by atoms with Crippen LogP contribution in [0.15, 0.2) is 24.3 Å². The lowest BCUT2D eigenvalue weighted by molar-refractivity contribution is -0.170. The van der Waals surface area contributed by atoms with E-state index < -0.39 is 12.1 Å². The summed E-state index contributed by atoms with van der Waals surface area (Å²) in [7, 11) is 3.42. The Kier molecular flexibility index (Phi) is 6.06. The first-order valence-electron chi connectivity index (χ1n) is 7.74. The van der Waals surface area contributed by atoms with E-state index in [1.807, 2.05) is 13.1 Å². The summed E-state index contributed by atoms with van der Waals surface area (Å²) in [6.07, 6.45) is -4.92. The van der Waals surface area contributed by atoms with Crippen molar-refractivity contribution >= 4 is 17.3 Å². The Labute approximate surface area is 139 Å². The van der Waals surface area contributed by atoms with E-state index >= 15 is 0 Å². The molecule has 0 spiro atoms. The van der Waals surface area contributed by atoms with Gasteiger partial charge in [-0.3, -0.25) is 4.79 Å². The van der Waals surface area contributed by atoms with Gasteiger partial charge in [0, 0.05) is 51.2 Å². The van der Waals surface area contributed by atoms with Crippen molar-refractivity contribution in [1.82, 2.24) is 4.90 Å². The normalized spacial score (nSPS) is 16.3. The molecule has 0 aliphatic carbocycles. The largest absolute Gasteiger partial charge is 0.471 e. The lowest BCUT2D eigenvalue weighted by Crippen LogP contribution is -2.45. The quantitative estimate of drug-likeness (QED) is 0.818. The number of nitrogens with zero attached hydrogens (tertiary/aromatic N) is 3. The van der Waals surface area contributed by atoms with Crippen molar-refractivity contribution in [1.29, 1.82) is 0 Å². The van der Waals surface area contributed by atoms with Crippen molar-refractivity contribution in [3.05, 3.63) is 24.3 Å². The van der Waals surface area contributed by atoms with Gasteiger partial charge in [-0.2, -0.15) is 13.2 Å². The van der Waals surface area contributed by atoms with Crippen molar-refractivity contribution in [2.75, 3.05) is 63.3 Å². The molecule has 0 N–H and O–H groups in total. The van der Waals surface area contributed by atoms with Crippen LogP contribution in [-0.4, -0.2) is 70.5 Å². The lowest BCUT2D eigenvalue weighted by atomic mass is 10.2. The van der Waals surface area contributed by atoms with Gasteiger partial charge in [-0.05, 0) is 25.2 Å². The molecule has 1 saturated heterocycles. The van der Waals surface area contributed by atoms with E-state index in [1.165, 1.54) is 13.2 Å². The molecule has 0 aromatic heterocycles. The Morgan fingerprint density at radius 3 is 2.50 bits per heavy atom. The number of amides is 1. The second-order valence-electron chi connectivity index (χ2n) is 5.76. The van der Waals surface area contributed by atoms with E-state index in [4.69, 9.17) is 4.74 Å². The zero-order valence-corrected chi connectivity index (χ0v) is 13.8. The lowest BCUT2D eigenvalue weighted by Gasteiger charge is -2.34. The number of benzene rings is 1. The van der Waals surface area contributed by atoms with Gasteiger partial charge in [-0.1, -0.05) is 6.07 Å². The standard InChI is InChI=1S/C16H22F3N3O2/c1-20-6-8-21(9-7-20)13-4-3-5-14(12-13)22(10-11-24-2)15(23)16(17,18)19/h3-5,12H,6-11H2,1-2H3. The maximum absolute atomic E-state index is 12.9. The molecule has 1 fully saturated rings. The highest BCUT2D eigenvalue weighted by Gasteiger charge is 2.43. The fraction of sp³-hybridized carbons (Fsp3) is 0.562. The number of ether oxygens (including phenoxy) is 1. The number of hydrogen-bond acceptors (Lipinski definition) is 4. The van der Waals surface area contributed by atoms with Crippen LogP contribution < -0.4 is 9.80 Å². The van der Waals surface area contributed by atoms with E-state index in [2.05, 4.69) is 9.80 Å². The van der Waals surface area contributed by atoms with Gasteiger partial charge in [-0.15, -0.1) is 0 Å². The number of piperazine rings is 1. The van der Waals surface area contributed by atoms with Crippen LogP contribution in [0.5, 0.6) is 0 Å². The molecule has 2 rings (SSSR count). The minimum Gasteiger partial charge on any atom is -0.383 e. The second kappa shape index (κ2) is 7.85. The summed E-state index contributed by atoms with van der Waals surface area (Å²) in [6, 6.07) is 6.66. The van der Waals surface area contributed by atoms with Crippen LogP contribution >= 0.6 is 0 Å². The minimum atomic E-state index is -4.92. The van der Waals surface area contributed by atoms with Crippen molar-refractivity contribution in [3.63, 3.8) is 0 Å². The average Bonchev–Trinajstić information content (AvgIpc) is 2.55. The molecule has 1 aromatic carbocycles. The third-order valence-corrected chi connectivity index (χ3v) is 4.02. The first-order valence-corrected chi connectivity index (χ1v) is 7.74. The van der Waals surface area contributed by atoms with Crippen LogP contribution in [0, 0.1) is 0 Å². The zero-order valence-electron chi connectivity index (χ0n) is 13.8. The van der Waals surface area contributed by atoms with E-state index in [0.717, 1.165) is 36.8 Å². The molecule has 5 nitrogen and oxygen atoms in total. The smallest absolute Gasteiger partial charge is 0.383 e. The zero-order chi connectivity index (χ0) is 17.7. The van der Waals surface area contributed by atoms with Crippen molar-refractivity contribution in [3.8, 4) is 0 Å². The van der Waals surface area contributed by atoms with Crippen molar-refractivity contribution < 1.29 is 22.7 Å². The number of halogens is 3. The van der Waals surface area contributed by atoms with Gasteiger partial charge in [0.2, 0.25) is 0 Å². The van der Waals surface area contributed by atoms with E-state index in [-0.39, 0.29) is 18.8 Å². The first-order chi connectivity index (χ1) is 11.3. The van der Waals surface area contributed by atoms with Crippen LogP contribution in [0.3, 0.4) is 0 Å². The molecule has 1 aromatic rings. The number of hydrogen-bond donors (Lipinski definition) is 0. The van der Waals surface area contributed by atoms with Crippen LogP contribution in [0.25, 0.3) is 0 Å². The fourth-order valence-electron chi connectivity index (χ4n) is 2.61. The summed E-state index contributed by atoms with van der Waals surface area (Å²) in [5.74, 6) is -1.88. The molecule has 0 atom stereocenters. The highest BCUT2D eigenvalue weighted by atomic mass is 19.4. The molecule has 0 unspecified atom stereocenters. The maximum Gasteiger partial charge on any atom is 0.471 e. The predicted molar refractivity (Wildman–Crippen MR) is 86.4 cm³/mol. The number of carbonyl (C=O) groups excluding carboxylic acids is 1. The molecule has 0 saturated carbocycles. The Morgan fingerprint density at radius 2 is 1.92 bits per heavy atom. The summed E-state index contributed by atoms with van der Waals surface area (Å²) < 4.78 is 43.4. The molecule has 24 heavy (non-hydrogen) atoms. The summed E-state index contributed by atoms with van der Waals surface area (Å²) in [5.41, 5.74) is 1.05. The third-order valence-electron chi connectivity index (χ3n) is 4.02. The van der Waals surface area contributed by atoms with Gasteiger partial charge >= 0.3 is 12.1 Å². The van der Waals surface area contributed by atoms with E-state index in [1.54, 1.807) is 12.1 Å². The number of alkyl halides is 3. The topological polar surface area (TPSA) is 36.0 Å². The highest BCUT2D eigenvalue weighted by Crippen LogP contribution is 2.27. The van der Waals surface area contributed by atoms with Gasteiger partial charge in [0.15, 0.2) is 0 Å². The number of methoxy groups -OCH3 is 1. The summed E-state index contributed by atoms with van der Waals surface area (Å²) in [4.78, 5) is 16.8. The van der Waals surface area contributed by atoms with Crippen molar-refractivity contribution in [2.45, 2.75) is 6.18 Å². The maximum atomic E-state index is 12.9. The van der Waals surface area contributed by atoms with Crippen LogP contribution in [0.2, 0.25) is 0 Å². The van der Waals surface area contributed by atoms with Gasteiger partial charge in [0.05, 0.1) is 6.61 Å².